The van der Waals surface area contributed by atoms with Crippen molar-refractivity contribution in [3.63, 3.8) is 0 Å². The molecule has 1 aliphatic rings. The summed E-state index contributed by atoms with van der Waals surface area (Å²) in [5.74, 6) is 0.770. The van der Waals surface area contributed by atoms with E-state index in [1.165, 1.54) is 0 Å². The molecule has 6 nitrogen and oxygen atoms in total. The van der Waals surface area contributed by atoms with E-state index in [1.807, 2.05) is 24.4 Å². The monoisotopic (exact) mass is 367 g/mol. The van der Waals surface area contributed by atoms with Crippen LogP contribution < -0.4 is 10.6 Å². The van der Waals surface area contributed by atoms with Crippen LogP contribution in [-0.4, -0.2) is 79.8 Å². The van der Waals surface area contributed by atoms with E-state index in [-0.39, 0.29) is 0 Å². The first kappa shape index (κ1) is 20.2. The molecule has 1 aromatic rings. The summed E-state index contributed by atoms with van der Waals surface area (Å²) in [7, 11) is 0. The average molecular weight is 368 g/mol. The number of thiophene rings is 1. The molecule has 0 amide bonds. The number of rotatable bonds is 8. The van der Waals surface area contributed by atoms with Crippen molar-refractivity contribution < 1.29 is 5.11 Å². The van der Waals surface area contributed by atoms with Gasteiger partial charge >= 0.3 is 0 Å². The third-order valence-electron chi connectivity index (χ3n) is 4.57. The van der Waals surface area contributed by atoms with Gasteiger partial charge in [0.05, 0.1) is 6.54 Å². The fourth-order valence-electron chi connectivity index (χ4n) is 2.90. The Morgan fingerprint density at radius 2 is 1.96 bits per heavy atom. The van der Waals surface area contributed by atoms with Gasteiger partial charge in [-0.15, -0.1) is 11.3 Å². The number of hydrogen-bond acceptors (Lipinski definition) is 5. The first-order chi connectivity index (χ1) is 12.0. The Morgan fingerprint density at radius 3 is 2.56 bits per heavy atom. The van der Waals surface area contributed by atoms with E-state index < -0.39 is 5.60 Å². The van der Waals surface area contributed by atoms with Crippen LogP contribution in [0.15, 0.2) is 22.5 Å². The van der Waals surface area contributed by atoms with Crippen LogP contribution in [0.2, 0.25) is 0 Å². The molecule has 2 rings (SSSR count). The number of piperazine rings is 1. The fraction of sp³-hybridized carbons (Fsp3) is 0.722. The zero-order chi connectivity index (χ0) is 18.1. The zero-order valence-corrected chi connectivity index (χ0v) is 16.6. The lowest BCUT2D eigenvalue weighted by Crippen LogP contribution is -2.49. The van der Waals surface area contributed by atoms with Gasteiger partial charge in [-0.25, -0.2) is 4.99 Å². The third kappa shape index (κ3) is 6.58. The topological polar surface area (TPSA) is 63.1 Å². The van der Waals surface area contributed by atoms with Crippen LogP contribution in [0.5, 0.6) is 0 Å². The van der Waals surface area contributed by atoms with E-state index in [4.69, 9.17) is 0 Å². The highest BCUT2D eigenvalue weighted by atomic mass is 32.1. The highest BCUT2D eigenvalue weighted by molar-refractivity contribution is 7.10. The number of guanidine groups is 1. The van der Waals surface area contributed by atoms with Crippen LogP contribution in [0.4, 0.5) is 0 Å². The Hall–Kier alpha value is -1.15. The van der Waals surface area contributed by atoms with Gasteiger partial charge < -0.3 is 20.6 Å². The minimum Gasteiger partial charge on any atom is -0.383 e. The van der Waals surface area contributed by atoms with E-state index in [1.54, 1.807) is 11.3 Å². The molecule has 1 aliphatic heterocycles. The van der Waals surface area contributed by atoms with Crippen LogP contribution in [0.3, 0.4) is 0 Å². The van der Waals surface area contributed by atoms with Crippen molar-refractivity contribution in [1.82, 2.24) is 20.4 Å². The Morgan fingerprint density at radius 1 is 1.24 bits per heavy atom. The molecular weight excluding hydrogens is 334 g/mol. The minimum absolute atomic E-state index is 0.345. The smallest absolute Gasteiger partial charge is 0.191 e. The van der Waals surface area contributed by atoms with Gasteiger partial charge in [-0.3, -0.25) is 4.90 Å². The Kier molecular flexibility index (Phi) is 8.15. The Labute approximate surface area is 155 Å². The van der Waals surface area contributed by atoms with Crippen LogP contribution in [0, 0.1) is 0 Å². The van der Waals surface area contributed by atoms with Crippen LogP contribution >= 0.6 is 11.3 Å². The molecule has 7 heteroatoms. The number of aliphatic hydroxyl groups is 1. The quantitative estimate of drug-likeness (QED) is 0.475. The van der Waals surface area contributed by atoms with Crippen molar-refractivity contribution in [3.8, 4) is 0 Å². The van der Waals surface area contributed by atoms with Gasteiger partial charge in [0.15, 0.2) is 5.96 Å². The van der Waals surface area contributed by atoms with Gasteiger partial charge in [-0.2, -0.15) is 0 Å². The Balaban J connectivity index is 1.78. The van der Waals surface area contributed by atoms with Crippen molar-refractivity contribution in [2.75, 3.05) is 58.9 Å². The normalized spacial score (nSPS) is 19.6. The van der Waals surface area contributed by atoms with E-state index in [0.29, 0.717) is 6.54 Å². The van der Waals surface area contributed by atoms with Crippen LogP contribution in [0.25, 0.3) is 0 Å². The highest BCUT2D eigenvalue weighted by Gasteiger charge is 2.24. The molecule has 0 bridgehead atoms. The molecule has 142 valence electrons. The van der Waals surface area contributed by atoms with Gasteiger partial charge in [0.1, 0.15) is 5.60 Å². The molecule has 1 aromatic heterocycles. The molecule has 2 heterocycles. The van der Waals surface area contributed by atoms with E-state index in [9.17, 15) is 5.11 Å². The maximum absolute atomic E-state index is 10.6. The van der Waals surface area contributed by atoms with Crippen molar-refractivity contribution in [2.24, 2.45) is 4.99 Å². The molecule has 0 saturated carbocycles. The summed E-state index contributed by atoms with van der Waals surface area (Å²) in [6, 6.07) is 3.91. The van der Waals surface area contributed by atoms with Crippen molar-refractivity contribution in [2.45, 2.75) is 26.4 Å². The minimum atomic E-state index is -0.924. The molecule has 0 spiro atoms. The van der Waals surface area contributed by atoms with Gasteiger partial charge in [-0.05, 0) is 31.8 Å². The Bertz CT molecular complexity index is 510. The van der Waals surface area contributed by atoms with Crippen LogP contribution in [0.1, 0.15) is 25.6 Å². The average Bonchev–Trinajstić information content (AvgIpc) is 3.16. The van der Waals surface area contributed by atoms with Crippen molar-refractivity contribution in [1.29, 1.82) is 0 Å². The van der Waals surface area contributed by atoms with Gasteiger partial charge in [0.2, 0.25) is 0 Å². The summed E-state index contributed by atoms with van der Waals surface area (Å²) in [5, 5.41) is 19.2. The number of likely N-dealkylation sites (N-methyl/N-ethyl adjacent to an activating group) is 1. The highest BCUT2D eigenvalue weighted by Crippen LogP contribution is 2.25. The number of hydrogen-bond donors (Lipinski definition) is 3. The lowest BCUT2D eigenvalue weighted by atomic mass is 10.1. The zero-order valence-electron chi connectivity index (χ0n) is 15.8. The molecule has 3 N–H and O–H groups in total. The molecule has 25 heavy (non-hydrogen) atoms. The SMILES string of the molecule is CCNC(=NCC(C)(O)c1cccs1)NCCN1CCN(CC)CC1. The molecule has 1 unspecified atom stereocenters. The summed E-state index contributed by atoms with van der Waals surface area (Å²) < 4.78 is 0. The van der Waals surface area contributed by atoms with Crippen LogP contribution in [-0.2, 0) is 5.60 Å². The lowest BCUT2D eigenvalue weighted by Gasteiger charge is -2.34. The van der Waals surface area contributed by atoms with Gasteiger partial charge in [-0.1, -0.05) is 13.0 Å². The molecular formula is C18H33N5OS. The molecule has 1 saturated heterocycles. The van der Waals surface area contributed by atoms with Gasteiger partial charge in [0.25, 0.3) is 0 Å². The van der Waals surface area contributed by atoms with Crippen molar-refractivity contribution in [3.05, 3.63) is 22.4 Å². The summed E-state index contributed by atoms with van der Waals surface area (Å²) >= 11 is 1.56. The standard InChI is InChI=1S/C18H33N5OS/c1-4-19-17(21-15-18(3,24)16-7-6-14-25-16)20-8-9-23-12-10-22(5-2)11-13-23/h6-7,14,24H,4-5,8-13,15H2,1-3H3,(H2,19,20,21). The molecule has 1 fully saturated rings. The molecule has 0 aliphatic carbocycles. The maximum Gasteiger partial charge on any atom is 0.191 e. The van der Waals surface area contributed by atoms with E-state index in [0.717, 1.165) is 63.2 Å². The largest absolute Gasteiger partial charge is 0.383 e. The molecule has 0 radical (unpaired) electrons. The summed E-state index contributed by atoms with van der Waals surface area (Å²) in [4.78, 5) is 10.5. The second kappa shape index (κ2) is 10.1. The maximum atomic E-state index is 10.6. The number of aliphatic imine (C=N–C) groups is 1. The summed E-state index contributed by atoms with van der Waals surface area (Å²) in [5.41, 5.74) is -0.924. The van der Waals surface area contributed by atoms with E-state index in [2.05, 4.69) is 39.3 Å². The van der Waals surface area contributed by atoms with E-state index >= 15 is 0 Å². The molecule has 1 atom stereocenters. The summed E-state index contributed by atoms with van der Waals surface area (Å²) in [6.45, 7) is 14.9. The second-order valence-corrected chi connectivity index (χ2v) is 7.60. The predicted octanol–water partition coefficient (Wildman–Crippen LogP) is 1.15. The first-order valence-electron chi connectivity index (χ1n) is 9.28. The predicted molar refractivity (Wildman–Crippen MR) is 106 cm³/mol. The first-order valence-corrected chi connectivity index (χ1v) is 10.2. The summed E-state index contributed by atoms with van der Waals surface area (Å²) in [6.07, 6.45) is 0. The number of nitrogens with zero attached hydrogens (tertiary/aromatic N) is 3. The lowest BCUT2D eigenvalue weighted by molar-refractivity contribution is 0.0711. The van der Waals surface area contributed by atoms with Gasteiger partial charge in [0, 0.05) is 50.7 Å². The second-order valence-electron chi connectivity index (χ2n) is 6.65. The number of nitrogens with one attached hydrogen (secondary N) is 2. The third-order valence-corrected chi connectivity index (χ3v) is 5.70. The van der Waals surface area contributed by atoms with Crippen molar-refractivity contribution >= 4 is 17.3 Å². The fourth-order valence-corrected chi connectivity index (χ4v) is 3.68. The molecule has 0 aromatic carbocycles.